The number of fused-ring (bicyclic) bond motifs is 1. The number of esters is 1. The molecule has 1 N–H and O–H groups in total. The van der Waals surface area contributed by atoms with Crippen LogP contribution in [-0.4, -0.2) is 20.2 Å². The zero-order valence-electron chi connectivity index (χ0n) is 14.3. The second kappa shape index (κ2) is 7.21. The molecule has 4 rings (SSSR count). The van der Waals surface area contributed by atoms with E-state index >= 15 is 0 Å². The molecule has 28 heavy (non-hydrogen) atoms. The summed E-state index contributed by atoms with van der Waals surface area (Å²) in [5.74, 6) is 0.161. The highest BCUT2D eigenvalue weighted by Crippen LogP contribution is 2.27. The largest absolute Gasteiger partial charge is 0.423 e. The number of ether oxygens (including phenoxy) is 1. The van der Waals surface area contributed by atoms with Crippen molar-refractivity contribution in [3.63, 3.8) is 0 Å². The molecular formula is C20H13BrN2O4S. The fourth-order valence-electron chi connectivity index (χ4n) is 2.72. The molecule has 0 amide bonds. The third kappa shape index (κ3) is 3.69. The van der Waals surface area contributed by atoms with Crippen LogP contribution in [0.25, 0.3) is 0 Å². The summed E-state index contributed by atoms with van der Waals surface area (Å²) in [6.45, 7) is 0. The lowest BCUT2D eigenvalue weighted by molar-refractivity contribution is 0.0734. The summed E-state index contributed by atoms with van der Waals surface area (Å²) in [5.41, 5.74) is 1.57. The van der Waals surface area contributed by atoms with Gasteiger partial charge in [-0.3, -0.25) is 0 Å². The van der Waals surface area contributed by atoms with Crippen molar-refractivity contribution in [1.29, 1.82) is 0 Å². The minimum atomic E-state index is -3.68. The molecule has 8 heteroatoms. The fraction of sp³-hybridized carbons (Fsp3) is 0. The van der Waals surface area contributed by atoms with Gasteiger partial charge in [-0.25, -0.2) is 4.79 Å². The average Bonchev–Trinajstić information content (AvgIpc) is 2.94. The second-order valence-electron chi connectivity index (χ2n) is 5.96. The van der Waals surface area contributed by atoms with Crippen LogP contribution in [0.3, 0.4) is 0 Å². The molecule has 0 atom stereocenters. The van der Waals surface area contributed by atoms with Gasteiger partial charge in [-0.15, -0.1) is 4.40 Å². The van der Waals surface area contributed by atoms with E-state index in [1.807, 2.05) is 6.07 Å². The predicted octanol–water partition coefficient (Wildman–Crippen LogP) is 4.23. The van der Waals surface area contributed by atoms with Crippen molar-refractivity contribution >= 4 is 43.4 Å². The smallest absolute Gasteiger partial charge is 0.343 e. The topological polar surface area (TPSA) is 84.8 Å². The van der Waals surface area contributed by atoms with Crippen LogP contribution in [0.4, 0.5) is 5.69 Å². The highest BCUT2D eigenvalue weighted by molar-refractivity contribution is 9.10. The van der Waals surface area contributed by atoms with Gasteiger partial charge in [-0.05, 0) is 54.6 Å². The van der Waals surface area contributed by atoms with E-state index < -0.39 is 16.0 Å². The van der Waals surface area contributed by atoms with Gasteiger partial charge in [0.05, 0.1) is 5.56 Å². The maximum absolute atomic E-state index is 12.2. The van der Waals surface area contributed by atoms with Crippen molar-refractivity contribution in [1.82, 2.24) is 0 Å². The molecule has 1 aliphatic rings. The van der Waals surface area contributed by atoms with Gasteiger partial charge in [0.15, 0.2) is 5.84 Å². The van der Waals surface area contributed by atoms with E-state index in [4.69, 9.17) is 4.74 Å². The maximum atomic E-state index is 12.2. The van der Waals surface area contributed by atoms with E-state index in [9.17, 15) is 13.2 Å². The van der Waals surface area contributed by atoms with Gasteiger partial charge in [0, 0.05) is 15.7 Å². The number of nitrogens with one attached hydrogen (secondary N) is 1. The molecule has 0 aliphatic carbocycles. The quantitative estimate of drug-likeness (QED) is 0.470. The van der Waals surface area contributed by atoms with E-state index in [1.54, 1.807) is 60.7 Å². The lowest BCUT2D eigenvalue weighted by Crippen LogP contribution is -2.11. The lowest BCUT2D eigenvalue weighted by atomic mass is 10.2. The van der Waals surface area contributed by atoms with Gasteiger partial charge in [0.1, 0.15) is 10.6 Å². The van der Waals surface area contributed by atoms with Crippen molar-refractivity contribution < 1.29 is 17.9 Å². The van der Waals surface area contributed by atoms with E-state index in [2.05, 4.69) is 25.6 Å². The Labute approximate surface area is 170 Å². The van der Waals surface area contributed by atoms with Crippen LogP contribution in [0.2, 0.25) is 0 Å². The molecule has 1 aliphatic heterocycles. The number of halogens is 1. The number of hydrogen-bond acceptors (Lipinski definition) is 5. The van der Waals surface area contributed by atoms with E-state index in [1.165, 1.54) is 6.07 Å². The van der Waals surface area contributed by atoms with Gasteiger partial charge in [-0.2, -0.15) is 8.42 Å². The second-order valence-corrected chi connectivity index (χ2v) is 8.45. The number of sulfonamides is 1. The number of nitrogens with zero attached hydrogens (tertiary/aromatic N) is 1. The number of carbonyl (C=O) groups is 1. The normalized spacial score (nSPS) is 14.1. The van der Waals surface area contributed by atoms with E-state index in [0.717, 1.165) is 4.47 Å². The molecule has 1 heterocycles. The maximum Gasteiger partial charge on any atom is 0.343 e. The third-order valence-electron chi connectivity index (χ3n) is 4.02. The summed E-state index contributed by atoms with van der Waals surface area (Å²) in [5, 5.41) is 3.00. The van der Waals surface area contributed by atoms with Crippen molar-refractivity contribution in [2.45, 2.75) is 4.90 Å². The third-order valence-corrected chi connectivity index (χ3v) is 5.85. The van der Waals surface area contributed by atoms with Gasteiger partial charge in [-0.1, -0.05) is 34.1 Å². The lowest BCUT2D eigenvalue weighted by Gasteiger charge is -2.08. The summed E-state index contributed by atoms with van der Waals surface area (Å²) < 4.78 is 34.1. The summed E-state index contributed by atoms with van der Waals surface area (Å²) in [7, 11) is -3.68. The molecule has 0 saturated heterocycles. The van der Waals surface area contributed by atoms with Crippen LogP contribution in [0.15, 0.2) is 86.6 Å². The standard InChI is InChI=1S/C20H13BrN2O4S/c21-14-5-3-4-13(12-14)20(24)27-16-10-8-15(9-11-16)22-19-17-6-1-2-7-18(17)28(25,26)23-19/h1-12H,(H,22,23). The highest BCUT2D eigenvalue weighted by Gasteiger charge is 2.28. The molecule has 0 fully saturated rings. The molecule has 0 saturated carbocycles. The SMILES string of the molecule is O=C(Oc1ccc(NC2=NS(=O)(=O)c3ccccc32)cc1)c1cccc(Br)c1. The number of rotatable bonds is 3. The fourth-order valence-corrected chi connectivity index (χ4v) is 4.30. The van der Waals surface area contributed by atoms with E-state index in [-0.39, 0.29) is 10.7 Å². The van der Waals surface area contributed by atoms with Gasteiger partial charge < -0.3 is 10.1 Å². The minimum Gasteiger partial charge on any atom is -0.423 e. The summed E-state index contributed by atoms with van der Waals surface area (Å²) in [6, 6.07) is 20.1. The zero-order valence-corrected chi connectivity index (χ0v) is 16.7. The van der Waals surface area contributed by atoms with Crippen molar-refractivity contribution in [3.05, 3.63) is 88.4 Å². The van der Waals surface area contributed by atoms with Gasteiger partial charge in [0.25, 0.3) is 10.0 Å². The minimum absolute atomic E-state index is 0.178. The van der Waals surface area contributed by atoms with Crippen LogP contribution in [-0.2, 0) is 10.0 Å². The Balaban J connectivity index is 1.50. The van der Waals surface area contributed by atoms with Crippen LogP contribution >= 0.6 is 15.9 Å². The first-order valence-electron chi connectivity index (χ1n) is 8.22. The van der Waals surface area contributed by atoms with Crippen molar-refractivity contribution in [2.75, 3.05) is 5.32 Å². The average molecular weight is 457 g/mol. The van der Waals surface area contributed by atoms with Gasteiger partial charge >= 0.3 is 5.97 Å². The molecule has 0 radical (unpaired) electrons. The Morgan fingerprint density at radius 2 is 1.71 bits per heavy atom. The predicted molar refractivity (Wildman–Crippen MR) is 109 cm³/mol. The number of benzene rings is 3. The first-order chi connectivity index (χ1) is 13.4. The van der Waals surface area contributed by atoms with Crippen LogP contribution in [0, 0.1) is 0 Å². The Kier molecular flexibility index (Phi) is 4.74. The molecule has 0 unspecified atom stereocenters. The Morgan fingerprint density at radius 3 is 2.46 bits per heavy atom. The van der Waals surface area contributed by atoms with Crippen LogP contribution < -0.4 is 10.1 Å². The molecule has 0 bridgehead atoms. The highest BCUT2D eigenvalue weighted by atomic mass is 79.9. The molecule has 3 aromatic carbocycles. The summed E-state index contributed by atoms with van der Waals surface area (Å²) in [6.07, 6.45) is 0. The Hall–Kier alpha value is -2.97. The van der Waals surface area contributed by atoms with Gasteiger partial charge in [0.2, 0.25) is 0 Å². The number of hydrogen-bond donors (Lipinski definition) is 1. The first kappa shape index (κ1) is 18.4. The molecule has 6 nitrogen and oxygen atoms in total. The molecule has 0 aromatic heterocycles. The van der Waals surface area contributed by atoms with Crippen molar-refractivity contribution in [2.24, 2.45) is 4.40 Å². The molecular weight excluding hydrogens is 444 g/mol. The number of amidine groups is 1. The Morgan fingerprint density at radius 1 is 0.964 bits per heavy atom. The summed E-state index contributed by atoms with van der Waals surface area (Å²) in [4.78, 5) is 12.4. The van der Waals surface area contributed by atoms with E-state index in [0.29, 0.717) is 22.6 Å². The van der Waals surface area contributed by atoms with Crippen molar-refractivity contribution in [3.8, 4) is 5.75 Å². The Bertz CT molecular complexity index is 1200. The molecule has 3 aromatic rings. The summed E-state index contributed by atoms with van der Waals surface area (Å²) >= 11 is 3.32. The van der Waals surface area contributed by atoms with Crippen LogP contribution in [0.1, 0.15) is 15.9 Å². The monoisotopic (exact) mass is 456 g/mol. The molecule has 140 valence electrons. The number of carbonyl (C=O) groups excluding carboxylic acids is 1. The number of anilines is 1. The zero-order chi connectivity index (χ0) is 19.7. The van der Waals surface area contributed by atoms with Crippen LogP contribution in [0.5, 0.6) is 5.75 Å². The first-order valence-corrected chi connectivity index (χ1v) is 10.4. The molecule has 0 spiro atoms.